The third kappa shape index (κ3) is 5.70. The van der Waals surface area contributed by atoms with Crippen LogP contribution in [0, 0.1) is 11.3 Å². The number of hydrogen-bond acceptors (Lipinski definition) is 7. The average Bonchev–Trinajstić information content (AvgIpc) is 2.80. The van der Waals surface area contributed by atoms with E-state index in [2.05, 4.69) is 38.1 Å². The number of nitrogens with one attached hydrogen (secondary N) is 3. The van der Waals surface area contributed by atoms with E-state index in [1.54, 1.807) is 12.3 Å². The highest BCUT2D eigenvalue weighted by atomic mass is 35.5. The highest BCUT2D eigenvalue weighted by molar-refractivity contribution is 6.33. The van der Waals surface area contributed by atoms with Crippen LogP contribution in [0.5, 0.6) is 0 Å². The van der Waals surface area contributed by atoms with Crippen LogP contribution in [0.4, 0.5) is 11.5 Å². The van der Waals surface area contributed by atoms with Gasteiger partial charge in [-0.05, 0) is 49.8 Å². The lowest BCUT2D eigenvalue weighted by molar-refractivity contribution is -0.120. The van der Waals surface area contributed by atoms with Gasteiger partial charge >= 0.3 is 0 Å². The molecule has 0 spiro atoms. The van der Waals surface area contributed by atoms with Gasteiger partial charge in [-0.3, -0.25) is 4.79 Å². The normalized spacial score (nSPS) is 20.8. The van der Waals surface area contributed by atoms with Gasteiger partial charge < -0.3 is 20.7 Å². The Morgan fingerprint density at radius 3 is 2.94 bits per heavy atom. The Labute approximate surface area is 187 Å². The van der Waals surface area contributed by atoms with E-state index in [9.17, 15) is 4.79 Å². The highest BCUT2D eigenvalue weighted by Gasteiger charge is 2.27. The summed E-state index contributed by atoms with van der Waals surface area (Å²) in [7, 11) is 0. The van der Waals surface area contributed by atoms with E-state index in [0.29, 0.717) is 28.6 Å². The second-order valence-electron chi connectivity index (χ2n) is 8.69. The molecule has 166 valence electrons. The van der Waals surface area contributed by atoms with Gasteiger partial charge in [-0.15, -0.1) is 0 Å². The fourth-order valence-corrected chi connectivity index (χ4v) is 4.16. The molecule has 1 atom stereocenters. The van der Waals surface area contributed by atoms with Gasteiger partial charge in [0, 0.05) is 38.1 Å². The molecule has 2 aromatic heterocycles. The lowest BCUT2D eigenvalue weighted by Crippen LogP contribution is -2.37. The van der Waals surface area contributed by atoms with Gasteiger partial charge in [-0.2, -0.15) is 10.2 Å². The number of aromatic nitrogens is 3. The van der Waals surface area contributed by atoms with Gasteiger partial charge in [0.15, 0.2) is 0 Å². The van der Waals surface area contributed by atoms with Crippen LogP contribution < -0.4 is 16.0 Å². The first-order valence-corrected chi connectivity index (χ1v) is 11.2. The SMILES string of the molecule is CC1(CNc2cnnc(-c3cc(NC(=O)[C@@H]4CCCNC4)ncc3Cl)c2)CCOCC1. The fraction of sp³-hybridized carbons (Fsp3) is 0.545. The number of carbonyl (C=O) groups excluding carboxylic acids is 1. The zero-order valence-electron chi connectivity index (χ0n) is 17.8. The van der Waals surface area contributed by atoms with E-state index in [0.717, 1.165) is 57.7 Å². The highest BCUT2D eigenvalue weighted by Crippen LogP contribution is 2.32. The fourth-order valence-electron chi connectivity index (χ4n) is 3.96. The summed E-state index contributed by atoms with van der Waals surface area (Å²) in [4.78, 5) is 16.8. The Morgan fingerprint density at radius 2 is 2.16 bits per heavy atom. The van der Waals surface area contributed by atoms with Crippen molar-refractivity contribution in [3.8, 4) is 11.3 Å². The average molecular weight is 445 g/mol. The van der Waals surface area contributed by atoms with Crippen LogP contribution in [0.2, 0.25) is 5.02 Å². The molecule has 0 radical (unpaired) electrons. The van der Waals surface area contributed by atoms with Crippen molar-refractivity contribution in [2.45, 2.75) is 32.6 Å². The van der Waals surface area contributed by atoms with Gasteiger partial charge in [0.25, 0.3) is 0 Å². The Balaban J connectivity index is 1.46. The van der Waals surface area contributed by atoms with Crippen molar-refractivity contribution in [3.05, 3.63) is 29.5 Å². The maximum absolute atomic E-state index is 12.5. The zero-order valence-corrected chi connectivity index (χ0v) is 18.5. The maximum atomic E-state index is 12.5. The summed E-state index contributed by atoms with van der Waals surface area (Å²) < 4.78 is 5.48. The van der Waals surface area contributed by atoms with Crippen molar-refractivity contribution in [1.82, 2.24) is 20.5 Å². The minimum absolute atomic E-state index is 0.0285. The van der Waals surface area contributed by atoms with Crippen LogP contribution in [-0.2, 0) is 9.53 Å². The first-order chi connectivity index (χ1) is 15.0. The summed E-state index contributed by atoms with van der Waals surface area (Å²) in [6, 6.07) is 3.68. The molecule has 0 saturated carbocycles. The Hall–Kier alpha value is -2.29. The minimum atomic E-state index is -0.0476. The summed E-state index contributed by atoms with van der Waals surface area (Å²) in [5, 5.41) is 18.5. The van der Waals surface area contributed by atoms with E-state index < -0.39 is 0 Å². The number of anilines is 2. The first kappa shape index (κ1) is 21.9. The van der Waals surface area contributed by atoms with E-state index in [1.165, 1.54) is 6.20 Å². The van der Waals surface area contributed by atoms with Crippen molar-refractivity contribution >= 4 is 29.0 Å². The number of piperidine rings is 1. The van der Waals surface area contributed by atoms with Crippen LogP contribution in [-0.4, -0.2) is 53.9 Å². The van der Waals surface area contributed by atoms with Crippen LogP contribution in [0.1, 0.15) is 32.6 Å². The summed E-state index contributed by atoms with van der Waals surface area (Å²) in [5.74, 6) is 0.387. The lowest BCUT2D eigenvalue weighted by atomic mass is 9.82. The van der Waals surface area contributed by atoms with Gasteiger partial charge in [0.2, 0.25) is 5.91 Å². The number of amides is 1. The van der Waals surface area contributed by atoms with Gasteiger partial charge in [-0.25, -0.2) is 4.98 Å². The molecule has 8 nitrogen and oxygen atoms in total. The number of rotatable bonds is 6. The summed E-state index contributed by atoms with van der Waals surface area (Å²) in [6.07, 6.45) is 7.18. The Morgan fingerprint density at radius 1 is 1.32 bits per heavy atom. The largest absolute Gasteiger partial charge is 0.383 e. The molecule has 2 aliphatic heterocycles. The van der Waals surface area contributed by atoms with Crippen molar-refractivity contribution in [3.63, 3.8) is 0 Å². The van der Waals surface area contributed by atoms with Gasteiger partial charge in [0.05, 0.1) is 28.5 Å². The molecule has 1 amide bonds. The molecule has 0 aromatic carbocycles. The third-order valence-corrected chi connectivity index (χ3v) is 6.43. The van der Waals surface area contributed by atoms with Crippen molar-refractivity contribution in [2.75, 3.05) is 43.5 Å². The number of ether oxygens (including phenoxy) is 1. The molecule has 4 heterocycles. The molecule has 0 bridgehead atoms. The predicted molar refractivity (Wildman–Crippen MR) is 121 cm³/mol. The van der Waals surface area contributed by atoms with Crippen LogP contribution in [0.3, 0.4) is 0 Å². The minimum Gasteiger partial charge on any atom is -0.383 e. The molecule has 0 unspecified atom stereocenters. The topological polar surface area (TPSA) is 101 Å². The third-order valence-electron chi connectivity index (χ3n) is 6.12. The van der Waals surface area contributed by atoms with Crippen LogP contribution in [0.15, 0.2) is 24.5 Å². The lowest BCUT2D eigenvalue weighted by Gasteiger charge is -2.33. The summed E-state index contributed by atoms with van der Waals surface area (Å²) in [6.45, 7) is 6.36. The first-order valence-electron chi connectivity index (χ1n) is 10.8. The molecule has 2 aromatic rings. The number of carbonyl (C=O) groups is 1. The van der Waals surface area contributed by atoms with Crippen LogP contribution in [0.25, 0.3) is 11.3 Å². The molecule has 4 rings (SSSR count). The van der Waals surface area contributed by atoms with E-state index in [-0.39, 0.29) is 17.2 Å². The maximum Gasteiger partial charge on any atom is 0.229 e. The van der Waals surface area contributed by atoms with Crippen molar-refractivity contribution in [2.24, 2.45) is 11.3 Å². The molecular formula is C22H29ClN6O2. The van der Waals surface area contributed by atoms with Crippen molar-refractivity contribution < 1.29 is 9.53 Å². The van der Waals surface area contributed by atoms with Crippen molar-refractivity contribution in [1.29, 1.82) is 0 Å². The predicted octanol–water partition coefficient (Wildman–Crippen LogP) is 3.36. The molecular weight excluding hydrogens is 416 g/mol. The molecule has 9 heteroatoms. The second kappa shape index (κ2) is 9.89. The summed E-state index contributed by atoms with van der Waals surface area (Å²) in [5.41, 5.74) is 2.39. The smallest absolute Gasteiger partial charge is 0.229 e. The second-order valence-corrected chi connectivity index (χ2v) is 9.10. The summed E-state index contributed by atoms with van der Waals surface area (Å²) >= 11 is 6.40. The van der Waals surface area contributed by atoms with Crippen LogP contribution >= 0.6 is 11.6 Å². The molecule has 2 fully saturated rings. The van der Waals surface area contributed by atoms with E-state index in [1.807, 2.05) is 6.07 Å². The number of hydrogen-bond donors (Lipinski definition) is 3. The molecule has 2 aliphatic rings. The standard InChI is InChI=1S/C22H29ClN6O2/c1-22(4-7-31-8-5-22)14-26-16-9-19(29-27-12-16)17-10-20(25-13-18(17)23)28-21(30)15-3-2-6-24-11-15/h9-10,12-13,15,24H,2-8,11,14H2,1H3,(H,26,29)(H,25,28,30)/t15-/m1/s1. The van der Waals surface area contributed by atoms with Gasteiger partial charge in [0.1, 0.15) is 5.82 Å². The van der Waals surface area contributed by atoms with E-state index in [4.69, 9.17) is 16.3 Å². The number of nitrogens with zero attached hydrogens (tertiary/aromatic N) is 3. The molecule has 3 N–H and O–H groups in total. The Bertz CT molecular complexity index is 913. The molecule has 31 heavy (non-hydrogen) atoms. The zero-order chi connectivity index (χ0) is 21.7. The number of pyridine rings is 1. The Kier molecular flexibility index (Phi) is 6.99. The van der Waals surface area contributed by atoms with E-state index >= 15 is 0 Å². The monoisotopic (exact) mass is 444 g/mol. The van der Waals surface area contributed by atoms with Gasteiger partial charge in [-0.1, -0.05) is 18.5 Å². The molecule has 0 aliphatic carbocycles. The quantitative estimate of drug-likeness (QED) is 0.627. The number of halogens is 1. The molecule has 2 saturated heterocycles.